The zero-order valence-corrected chi connectivity index (χ0v) is 11.6. The maximum absolute atomic E-state index is 6.17. The summed E-state index contributed by atoms with van der Waals surface area (Å²) in [5.74, 6) is 0.978. The van der Waals surface area contributed by atoms with Crippen molar-refractivity contribution in [3.05, 3.63) is 29.8 Å². The monoisotopic (exact) mass is 248 g/mol. The third-order valence-electron chi connectivity index (χ3n) is 3.92. The zero-order valence-electron chi connectivity index (χ0n) is 11.6. The van der Waals surface area contributed by atoms with Crippen LogP contribution in [-0.4, -0.2) is 37.2 Å². The Morgan fingerprint density at radius 3 is 2.67 bits per heavy atom. The van der Waals surface area contributed by atoms with Gasteiger partial charge < -0.3 is 15.4 Å². The molecule has 0 radical (unpaired) electrons. The Hall–Kier alpha value is -1.06. The van der Waals surface area contributed by atoms with E-state index in [0.717, 1.165) is 18.7 Å². The number of hydrogen-bond acceptors (Lipinski definition) is 3. The van der Waals surface area contributed by atoms with E-state index in [1.165, 1.54) is 18.4 Å². The summed E-state index contributed by atoms with van der Waals surface area (Å²) in [5.41, 5.74) is 7.52. The smallest absolute Gasteiger partial charge is 0.122 e. The van der Waals surface area contributed by atoms with E-state index in [2.05, 4.69) is 31.0 Å². The average Bonchev–Trinajstić information content (AvgIpc) is 3.07. The number of nitrogens with two attached hydrogens (primary N) is 1. The lowest BCUT2D eigenvalue weighted by molar-refractivity contribution is 0.233. The fourth-order valence-corrected chi connectivity index (χ4v) is 2.32. The van der Waals surface area contributed by atoms with Gasteiger partial charge in [-0.3, -0.25) is 0 Å². The average molecular weight is 248 g/mol. The molecule has 2 N–H and O–H groups in total. The SMILES string of the molecule is COc1ccccc1CC(C)N(C)CC1(N)CC1. The van der Waals surface area contributed by atoms with Crippen LogP contribution in [0.5, 0.6) is 5.75 Å². The van der Waals surface area contributed by atoms with Gasteiger partial charge in [0.25, 0.3) is 0 Å². The fourth-order valence-electron chi connectivity index (χ4n) is 2.32. The van der Waals surface area contributed by atoms with Crippen LogP contribution in [0.1, 0.15) is 25.3 Å². The third-order valence-corrected chi connectivity index (χ3v) is 3.92. The first kappa shape index (κ1) is 13.4. The first-order chi connectivity index (χ1) is 8.54. The van der Waals surface area contributed by atoms with Crippen molar-refractivity contribution in [2.24, 2.45) is 5.73 Å². The predicted octanol–water partition coefficient (Wildman–Crippen LogP) is 2.05. The van der Waals surface area contributed by atoms with E-state index in [0.29, 0.717) is 6.04 Å². The van der Waals surface area contributed by atoms with Gasteiger partial charge in [0.15, 0.2) is 0 Å². The molecular weight excluding hydrogens is 224 g/mol. The Labute approximate surface area is 110 Å². The van der Waals surface area contributed by atoms with Crippen LogP contribution < -0.4 is 10.5 Å². The Bertz CT molecular complexity index is 401. The fraction of sp³-hybridized carbons (Fsp3) is 0.600. The maximum atomic E-state index is 6.17. The number of hydrogen-bond donors (Lipinski definition) is 1. The van der Waals surface area contributed by atoms with E-state index in [4.69, 9.17) is 10.5 Å². The quantitative estimate of drug-likeness (QED) is 0.837. The molecule has 1 fully saturated rings. The Balaban J connectivity index is 1.95. The number of likely N-dealkylation sites (N-methyl/N-ethyl adjacent to an activating group) is 1. The molecule has 0 spiro atoms. The summed E-state index contributed by atoms with van der Waals surface area (Å²) in [6.07, 6.45) is 3.33. The molecule has 0 aromatic heterocycles. The lowest BCUT2D eigenvalue weighted by Gasteiger charge is -2.28. The van der Waals surface area contributed by atoms with Gasteiger partial charge >= 0.3 is 0 Å². The van der Waals surface area contributed by atoms with Crippen molar-refractivity contribution < 1.29 is 4.74 Å². The van der Waals surface area contributed by atoms with Crippen LogP contribution in [0.15, 0.2) is 24.3 Å². The van der Waals surface area contributed by atoms with Gasteiger partial charge in [0, 0.05) is 18.1 Å². The zero-order chi connectivity index (χ0) is 13.2. The highest BCUT2D eigenvalue weighted by Crippen LogP contribution is 2.33. The molecule has 0 saturated heterocycles. The van der Waals surface area contributed by atoms with E-state index in [1.807, 2.05) is 12.1 Å². The van der Waals surface area contributed by atoms with Gasteiger partial charge in [0.1, 0.15) is 5.75 Å². The maximum Gasteiger partial charge on any atom is 0.122 e. The second-order valence-electron chi connectivity index (χ2n) is 5.64. The van der Waals surface area contributed by atoms with E-state index in [1.54, 1.807) is 7.11 Å². The van der Waals surface area contributed by atoms with E-state index in [9.17, 15) is 0 Å². The Morgan fingerprint density at radius 2 is 2.06 bits per heavy atom. The van der Waals surface area contributed by atoms with Crippen molar-refractivity contribution >= 4 is 0 Å². The molecule has 100 valence electrons. The number of nitrogens with zero attached hydrogens (tertiary/aromatic N) is 1. The molecular formula is C15H24N2O. The normalized spacial score (nSPS) is 18.7. The molecule has 1 aromatic carbocycles. The summed E-state index contributed by atoms with van der Waals surface area (Å²) in [5, 5.41) is 0. The van der Waals surface area contributed by atoms with Gasteiger partial charge in [-0.25, -0.2) is 0 Å². The summed E-state index contributed by atoms with van der Waals surface area (Å²) in [6, 6.07) is 8.71. The first-order valence-electron chi connectivity index (χ1n) is 6.65. The van der Waals surface area contributed by atoms with Crippen molar-refractivity contribution in [3.63, 3.8) is 0 Å². The van der Waals surface area contributed by atoms with Gasteiger partial charge in [0.05, 0.1) is 7.11 Å². The minimum atomic E-state index is 0.0871. The summed E-state index contributed by atoms with van der Waals surface area (Å²) in [7, 11) is 3.89. The lowest BCUT2D eigenvalue weighted by atomic mass is 10.0. The molecule has 1 saturated carbocycles. The minimum absolute atomic E-state index is 0.0871. The first-order valence-corrected chi connectivity index (χ1v) is 6.65. The Morgan fingerprint density at radius 1 is 1.39 bits per heavy atom. The predicted molar refractivity (Wildman–Crippen MR) is 74.9 cm³/mol. The summed E-state index contributed by atoms with van der Waals surface area (Å²) in [4.78, 5) is 2.36. The van der Waals surface area contributed by atoms with Crippen LogP contribution in [0.25, 0.3) is 0 Å². The molecule has 0 heterocycles. The molecule has 0 aliphatic heterocycles. The van der Waals surface area contributed by atoms with Gasteiger partial charge in [-0.1, -0.05) is 18.2 Å². The molecule has 1 aromatic rings. The summed E-state index contributed by atoms with van der Waals surface area (Å²) < 4.78 is 5.40. The van der Waals surface area contributed by atoms with Gasteiger partial charge in [-0.15, -0.1) is 0 Å². The molecule has 2 rings (SSSR count). The number of rotatable bonds is 6. The number of para-hydroxylation sites is 1. The number of methoxy groups -OCH3 is 1. The van der Waals surface area contributed by atoms with Crippen molar-refractivity contribution in [1.82, 2.24) is 4.90 Å². The summed E-state index contributed by atoms with van der Waals surface area (Å²) in [6.45, 7) is 3.24. The molecule has 18 heavy (non-hydrogen) atoms. The molecule has 1 unspecified atom stereocenters. The van der Waals surface area contributed by atoms with Crippen LogP contribution in [0.4, 0.5) is 0 Å². The molecule has 0 bridgehead atoms. The number of benzene rings is 1. The van der Waals surface area contributed by atoms with Crippen LogP contribution in [0, 0.1) is 0 Å². The van der Waals surface area contributed by atoms with Crippen molar-refractivity contribution in [1.29, 1.82) is 0 Å². The standard InChI is InChI=1S/C15H24N2O/c1-12(17(2)11-15(16)8-9-15)10-13-6-4-5-7-14(13)18-3/h4-7,12H,8-11,16H2,1-3H3. The highest BCUT2D eigenvalue weighted by atomic mass is 16.5. The van der Waals surface area contributed by atoms with Crippen molar-refractivity contribution in [2.45, 2.75) is 37.8 Å². The molecule has 1 aliphatic rings. The van der Waals surface area contributed by atoms with Crippen LogP contribution in [0.2, 0.25) is 0 Å². The molecule has 1 aliphatic carbocycles. The van der Waals surface area contributed by atoms with E-state index >= 15 is 0 Å². The van der Waals surface area contributed by atoms with Crippen LogP contribution in [-0.2, 0) is 6.42 Å². The van der Waals surface area contributed by atoms with Gasteiger partial charge in [-0.2, -0.15) is 0 Å². The Kier molecular flexibility index (Phi) is 3.93. The lowest BCUT2D eigenvalue weighted by Crippen LogP contribution is -2.42. The van der Waals surface area contributed by atoms with Gasteiger partial charge in [-0.05, 0) is 44.9 Å². The van der Waals surface area contributed by atoms with E-state index in [-0.39, 0.29) is 5.54 Å². The van der Waals surface area contributed by atoms with Crippen LogP contribution >= 0.6 is 0 Å². The number of ether oxygens (including phenoxy) is 1. The highest BCUT2D eigenvalue weighted by Gasteiger charge is 2.39. The second-order valence-corrected chi connectivity index (χ2v) is 5.64. The van der Waals surface area contributed by atoms with E-state index < -0.39 is 0 Å². The van der Waals surface area contributed by atoms with Crippen molar-refractivity contribution in [3.8, 4) is 5.75 Å². The largest absolute Gasteiger partial charge is 0.496 e. The molecule has 0 amide bonds. The highest BCUT2D eigenvalue weighted by molar-refractivity contribution is 5.33. The molecule has 3 heteroatoms. The molecule has 1 atom stereocenters. The molecule has 3 nitrogen and oxygen atoms in total. The topological polar surface area (TPSA) is 38.5 Å². The third kappa shape index (κ3) is 3.24. The van der Waals surface area contributed by atoms with Gasteiger partial charge in [0.2, 0.25) is 0 Å². The van der Waals surface area contributed by atoms with Crippen LogP contribution in [0.3, 0.4) is 0 Å². The second kappa shape index (κ2) is 5.29. The minimum Gasteiger partial charge on any atom is -0.496 e. The summed E-state index contributed by atoms with van der Waals surface area (Å²) >= 11 is 0. The van der Waals surface area contributed by atoms with Crippen molar-refractivity contribution in [2.75, 3.05) is 20.7 Å².